The van der Waals surface area contributed by atoms with E-state index in [4.69, 9.17) is 51.1 Å². The molecule has 0 bridgehead atoms. The Morgan fingerprint density at radius 1 is 0.451 bits per heavy atom. The summed E-state index contributed by atoms with van der Waals surface area (Å²) in [5.74, 6) is 1.28. The number of para-hydroxylation sites is 3. The molecule has 31 nitrogen and oxygen atoms in total. The van der Waals surface area contributed by atoms with Gasteiger partial charge in [-0.2, -0.15) is 0 Å². The fourth-order valence-corrected chi connectivity index (χ4v) is 20.0. The van der Waals surface area contributed by atoms with E-state index >= 15 is 0 Å². The summed E-state index contributed by atoms with van der Waals surface area (Å²) < 4.78 is 33.5. The summed E-state index contributed by atoms with van der Waals surface area (Å²) in [6, 6.07) is 23.5. The lowest BCUT2D eigenvalue weighted by molar-refractivity contribution is -0.156. The smallest absolute Gasteiger partial charge is 0.407 e. The molecule has 12 aromatic rings. The van der Waals surface area contributed by atoms with Gasteiger partial charge in [-0.1, -0.05) is 94.0 Å². The Bertz CT molecular complexity index is 5550. The predicted molar refractivity (Wildman–Crippen MR) is 479 cm³/mol. The van der Waals surface area contributed by atoms with Crippen LogP contribution in [0.3, 0.4) is 0 Å². The number of nitrogens with one attached hydrogen (secondary N) is 3. The van der Waals surface area contributed by atoms with Crippen molar-refractivity contribution >= 4 is 150 Å². The Morgan fingerprint density at radius 3 is 1.14 bits per heavy atom. The van der Waals surface area contributed by atoms with Crippen LogP contribution in [0.4, 0.5) is 39.7 Å². The number of pyridine rings is 3. The minimum absolute atomic E-state index is 0. The minimum Gasteiger partial charge on any atom is -0.444 e. The largest absolute Gasteiger partial charge is 0.444 e. The highest BCUT2D eigenvalue weighted by atomic mass is 32.2. The molecular formula is C88H111N21O10S3. The number of nitrogen functional groups attached to an aromatic ring is 1. The van der Waals surface area contributed by atoms with Gasteiger partial charge in [-0.25, -0.2) is 34.7 Å². The molecule has 9 N–H and O–H groups in total. The number of carbonyl (C=O) groups excluding carboxylic acids is 5. The van der Waals surface area contributed by atoms with Crippen LogP contribution in [-0.2, 0) is 42.9 Å². The van der Waals surface area contributed by atoms with E-state index in [2.05, 4.69) is 92.3 Å². The van der Waals surface area contributed by atoms with Crippen molar-refractivity contribution in [1.29, 1.82) is 0 Å². The van der Waals surface area contributed by atoms with Gasteiger partial charge in [-0.3, -0.25) is 47.3 Å². The zero-order chi connectivity index (χ0) is 83.7. The number of benzene rings is 3. The van der Waals surface area contributed by atoms with E-state index < -0.39 is 23.6 Å². The Labute approximate surface area is 722 Å². The van der Waals surface area contributed by atoms with Gasteiger partial charge in [0, 0.05) is 200 Å². The maximum absolute atomic E-state index is 12.6. The Hall–Kier alpha value is -10.9. The standard InChI is InChI=1S/C29H35N7O3S.2C26H29N7O2S.C4H6O3.3CH4/c1-18-24(34-27(37)39-28(2,3)4)29(17-38-18)9-13-35(14-10-29)26-33-16-22(25-32-12-15-36(25)26)40-21-8-11-31-23-19(21)6-5-7-20(23)30;2*1-16-23(27)26(15-35-16)7-11-32(12-8-26)25-30-14-21(24-29-10-13-33(24)25)36-20-6-9-28-22-18(20)4-3-5-19(22)31-17(2)34;1-3(5)7-4(2)6;;;/h5-8,11-12,15-16,18,24H,9-10,13-14,17,30H2,1-4H3,(H,34,37);2*3-6,9-10,13-14,16,23H,7-8,11-12,15,27H2,1-2H3,(H,31,34);1-2H3;3*1H4/t18-,24+;2*16-,23+;;;;/m000..../s1. The van der Waals surface area contributed by atoms with Gasteiger partial charge in [0.2, 0.25) is 29.7 Å². The van der Waals surface area contributed by atoms with Gasteiger partial charge in [0.1, 0.15) is 5.60 Å². The van der Waals surface area contributed by atoms with Crippen LogP contribution >= 0.6 is 35.3 Å². The molecule has 6 saturated heterocycles. The van der Waals surface area contributed by atoms with Gasteiger partial charge in [0.25, 0.3) is 0 Å². The van der Waals surface area contributed by atoms with E-state index in [9.17, 15) is 24.0 Å². The summed E-state index contributed by atoms with van der Waals surface area (Å²) in [5.41, 5.74) is 25.6. The van der Waals surface area contributed by atoms with E-state index in [1.165, 1.54) is 27.7 Å². The van der Waals surface area contributed by atoms with Crippen LogP contribution in [-0.4, -0.2) is 189 Å². The second kappa shape index (κ2) is 37.9. The number of esters is 2. The van der Waals surface area contributed by atoms with Crippen molar-refractivity contribution in [2.75, 3.05) is 90.2 Å². The SMILES string of the molecule is C.C.C.CC(=O)Nc1cccc2c(Sc3cnc(N4CCC5(CC4)CO[C@@H](C)[C@H]5N)n4ccnc34)ccnc12.CC(=O)Nc1cccc2c(Sc3cnc(N4CCC5(CC4)CO[C@@H](C)[C@H]5N)n4ccnc34)ccnc12.CC(=O)OC(C)=O.C[C@@H]1OCC2(CCN(c3ncc(Sc4ccnc5c(N)cccc45)c4nccn34)CC2)[C@@H]1NC(=O)OC(C)(C)C. The molecule has 9 aromatic heterocycles. The highest BCUT2D eigenvalue weighted by Crippen LogP contribution is 2.48. The first-order chi connectivity index (χ1) is 57.2. The first kappa shape index (κ1) is 90.4. The molecule has 3 aromatic carbocycles. The van der Waals surface area contributed by atoms with Crippen LogP contribution in [0.2, 0.25) is 0 Å². The lowest BCUT2D eigenvalue weighted by atomic mass is 9.73. The van der Waals surface area contributed by atoms with E-state index in [-0.39, 0.29) is 86.8 Å². The van der Waals surface area contributed by atoms with Gasteiger partial charge in [0.15, 0.2) is 16.9 Å². The number of amides is 3. The van der Waals surface area contributed by atoms with E-state index in [1.54, 1.807) is 53.9 Å². The Balaban J connectivity index is 0.000000159. The minimum atomic E-state index is -0.562. The van der Waals surface area contributed by atoms with Gasteiger partial charge in [-0.05, 0) is 116 Å². The molecule has 0 aliphatic carbocycles. The lowest BCUT2D eigenvalue weighted by Gasteiger charge is -2.43. The zero-order valence-corrected chi connectivity index (χ0v) is 70.6. The van der Waals surface area contributed by atoms with Crippen molar-refractivity contribution in [3.05, 3.63) is 147 Å². The molecule has 3 spiro atoms. The number of piperidine rings is 3. The zero-order valence-electron chi connectivity index (χ0n) is 68.2. The molecule has 15 heterocycles. The summed E-state index contributed by atoms with van der Waals surface area (Å²) >= 11 is 4.81. The number of nitrogens with two attached hydrogens (primary N) is 3. The number of carbonyl (C=O) groups is 5. The molecule has 646 valence electrons. The van der Waals surface area contributed by atoms with Crippen LogP contribution in [0, 0.1) is 16.2 Å². The molecule has 6 aliphatic heterocycles. The normalized spacial score (nSPS) is 20.0. The van der Waals surface area contributed by atoms with Gasteiger partial charge < -0.3 is 71.5 Å². The number of hydrogen-bond acceptors (Lipinski definition) is 28. The van der Waals surface area contributed by atoms with Crippen molar-refractivity contribution in [3.63, 3.8) is 0 Å². The highest BCUT2D eigenvalue weighted by Gasteiger charge is 2.52. The molecule has 122 heavy (non-hydrogen) atoms. The first-order valence-electron chi connectivity index (χ1n) is 39.9. The maximum atomic E-state index is 12.6. The molecule has 6 atom stereocenters. The lowest BCUT2D eigenvalue weighted by Crippen LogP contribution is -2.55. The number of anilines is 6. The average Bonchev–Trinajstić information content (AvgIpc) is 1.48. The summed E-state index contributed by atoms with van der Waals surface area (Å²) in [6.07, 6.45) is 27.9. The highest BCUT2D eigenvalue weighted by molar-refractivity contribution is 8.00. The Kier molecular flexibility index (Phi) is 28.1. The number of aromatic nitrogens is 12. The molecular weight excluding hydrogens is 1610 g/mol. The summed E-state index contributed by atoms with van der Waals surface area (Å²) in [5, 5.41) is 11.8. The molecule has 6 aliphatic rings. The quantitative estimate of drug-likeness (QED) is 0.0376. The third-order valence-corrected chi connectivity index (χ3v) is 26.4. The fourth-order valence-electron chi connectivity index (χ4n) is 17.0. The van der Waals surface area contributed by atoms with Crippen molar-refractivity contribution in [2.24, 2.45) is 27.7 Å². The maximum Gasteiger partial charge on any atom is 0.407 e. The van der Waals surface area contributed by atoms with Crippen molar-refractivity contribution in [2.45, 2.75) is 201 Å². The third-order valence-electron chi connectivity index (χ3n) is 23.2. The van der Waals surface area contributed by atoms with Gasteiger partial charge in [0.05, 0.1) is 92.5 Å². The molecule has 34 heteroatoms. The van der Waals surface area contributed by atoms with Crippen LogP contribution in [0.1, 0.15) is 130 Å². The first-order valence-corrected chi connectivity index (χ1v) is 42.3. The number of rotatable bonds is 12. The van der Waals surface area contributed by atoms with E-state index in [0.29, 0.717) is 23.7 Å². The number of nitrogens with zero attached hydrogens (tertiary/aromatic N) is 15. The summed E-state index contributed by atoms with van der Waals surface area (Å²) in [4.78, 5) is 111. The second-order valence-corrected chi connectivity index (χ2v) is 35.5. The van der Waals surface area contributed by atoms with Crippen molar-refractivity contribution in [3.8, 4) is 0 Å². The number of hydrogen-bond donors (Lipinski definition) is 6. The summed E-state index contributed by atoms with van der Waals surface area (Å²) in [6.45, 7) is 24.4. The van der Waals surface area contributed by atoms with E-state index in [0.717, 1.165) is 188 Å². The van der Waals surface area contributed by atoms with Crippen LogP contribution in [0.5, 0.6) is 0 Å². The number of ether oxygens (including phenoxy) is 5. The second-order valence-electron chi connectivity index (χ2n) is 32.2. The molecule has 0 unspecified atom stereocenters. The fraction of sp³-hybridized carbons (Fsp3) is 0.432. The van der Waals surface area contributed by atoms with Crippen LogP contribution < -0.4 is 47.9 Å². The van der Waals surface area contributed by atoms with Gasteiger partial charge in [-0.15, -0.1) is 0 Å². The molecule has 3 amide bonds. The Morgan fingerprint density at radius 2 is 0.795 bits per heavy atom. The number of imidazole rings is 3. The van der Waals surface area contributed by atoms with Gasteiger partial charge >= 0.3 is 18.0 Å². The van der Waals surface area contributed by atoms with E-state index in [1.807, 2.05) is 156 Å². The molecule has 6 fully saturated rings. The molecule has 0 saturated carbocycles. The van der Waals surface area contributed by atoms with Crippen molar-refractivity contribution in [1.82, 2.24) is 63.4 Å². The van der Waals surface area contributed by atoms with Crippen molar-refractivity contribution < 1.29 is 47.7 Å². The summed E-state index contributed by atoms with van der Waals surface area (Å²) in [7, 11) is 0. The average molecular weight is 1720 g/mol. The third kappa shape index (κ3) is 19.0. The monoisotopic (exact) mass is 1720 g/mol. The predicted octanol–water partition coefficient (Wildman–Crippen LogP) is 14.4. The number of alkyl carbamates (subject to hydrolysis) is 1. The molecule has 0 radical (unpaired) electrons. The number of fused-ring (bicyclic) bond motifs is 6. The van der Waals surface area contributed by atoms with Crippen LogP contribution in [0.25, 0.3) is 49.7 Å². The van der Waals surface area contributed by atoms with Crippen LogP contribution in [0.15, 0.2) is 177 Å². The molecule has 18 rings (SSSR count). The topological polar surface area (TPSA) is 385 Å².